The van der Waals surface area contributed by atoms with E-state index in [9.17, 15) is 26.7 Å². The Morgan fingerprint density at radius 3 is 2.29 bits per heavy atom. The van der Waals surface area contributed by atoms with Gasteiger partial charge in [-0.15, -0.1) is 13.2 Å². The maximum Gasteiger partial charge on any atom is 0.505 e. The number of hydrogen-bond donors (Lipinski definition) is 1. The number of halogens is 5. The highest BCUT2D eigenvalue weighted by Gasteiger charge is 2.42. The minimum Gasteiger partial charge on any atom is -0.364 e. The monoisotopic (exact) mass is 311 g/mol. The summed E-state index contributed by atoms with van der Waals surface area (Å²) in [6, 6.07) is 0. The van der Waals surface area contributed by atoms with Crippen LogP contribution in [0.5, 0.6) is 0 Å². The summed E-state index contributed by atoms with van der Waals surface area (Å²) in [6.07, 6.45) is -5.74. The number of carbonyl (C=O) groups excluding carboxylic acids is 1. The highest BCUT2D eigenvalue weighted by Crippen LogP contribution is 2.43. The first-order valence-corrected chi connectivity index (χ1v) is 6.37. The van der Waals surface area contributed by atoms with Crippen LogP contribution in [0.3, 0.4) is 0 Å². The second-order valence-electron chi connectivity index (χ2n) is 5.22. The number of alkyl halides is 5. The van der Waals surface area contributed by atoms with E-state index < -0.39 is 42.6 Å². The molecule has 0 spiro atoms. The molecule has 1 aromatic heterocycles. The zero-order valence-electron chi connectivity index (χ0n) is 11.2. The van der Waals surface area contributed by atoms with Crippen LogP contribution >= 0.6 is 0 Å². The Morgan fingerprint density at radius 2 is 1.86 bits per heavy atom. The zero-order valence-corrected chi connectivity index (χ0v) is 11.2. The van der Waals surface area contributed by atoms with Crippen LogP contribution in [0.15, 0.2) is 0 Å². The number of rotatable bonds is 2. The van der Waals surface area contributed by atoms with Crippen molar-refractivity contribution >= 4 is 5.91 Å². The molecule has 0 saturated heterocycles. The molecule has 4 nitrogen and oxygen atoms in total. The van der Waals surface area contributed by atoms with Gasteiger partial charge in [0.25, 0.3) is 5.91 Å². The summed E-state index contributed by atoms with van der Waals surface area (Å²) >= 11 is 0. The van der Waals surface area contributed by atoms with Gasteiger partial charge in [0.15, 0.2) is 0 Å². The maximum absolute atomic E-state index is 13.2. The van der Waals surface area contributed by atoms with E-state index in [4.69, 9.17) is 5.73 Å². The number of primary amides is 1. The van der Waals surface area contributed by atoms with E-state index in [0.29, 0.717) is 0 Å². The van der Waals surface area contributed by atoms with Gasteiger partial charge >= 0.3 is 6.30 Å². The number of amides is 1. The summed E-state index contributed by atoms with van der Waals surface area (Å²) in [5.41, 5.74) is 4.32. The summed E-state index contributed by atoms with van der Waals surface area (Å²) in [4.78, 5) is 11.4. The van der Waals surface area contributed by atoms with Gasteiger partial charge in [0.05, 0.1) is 5.69 Å². The Hall–Kier alpha value is -1.67. The molecule has 0 radical (unpaired) electrons. The van der Waals surface area contributed by atoms with Gasteiger partial charge < -0.3 is 5.73 Å². The molecule has 1 amide bonds. The lowest BCUT2D eigenvalue weighted by Gasteiger charge is -2.28. The number of nitrogens with zero attached hydrogens (tertiary/aromatic N) is 2. The van der Waals surface area contributed by atoms with Gasteiger partial charge in [0, 0.05) is 18.4 Å². The van der Waals surface area contributed by atoms with Gasteiger partial charge in [0.1, 0.15) is 5.69 Å². The summed E-state index contributed by atoms with van der Waals surface area (Å²) in [5.74, 6) is -4.64. The van der Waals surface area contributed by atoms with Gasteiger partial charge in [0.2, 0.25) is 5.92 Å². The van der Waals surface area contributed by atoms with Crippen LogP contribution in [0.4, 0.5) is 22.0 Å². The van der Waals surface area contributed by atoms with Crippen molar-refractivity contribution in [3.8, 4) is 0 Å². The lowest BCUT2D eigenvalue weighted by molar-refractivity contribution is -0.213. The molecule has 0 atom stereocenters. The van der Waals surface area contributed by atoms with E-state index in [1.165, 1.54) is 6.92 Å². The summed E-state index contributed by atoms with van der Waals surface area (Å²) < 4.78 is 64.5. The summed E-state index contributed by atoms with van der Waals surface area (Å²) in [5, 5.41) is 3.32. The number of carbonyl (C=O) groups is 1. The minimum absolute atomic E-state index is 0.00231. The van der Waals surface area contributed by atoms with Crippen molar-refractivity contribution in [1.82, 2.24) is 9.78 Å². The van der Waals surface area contributed by atoms with Crippen LogP contribution in [0.25, 0.3) is 0 Å². The highest BCUT2D eigenvalue weighted by atomic mass is 19.4. The van der Waals surface area contributed by atoms with E-state index >= 15 is 0 Å². The molecule has 1 aromatic rings. The predicted octanol–water partition coefficient (Wildman–Crippen LogP) is 3.06. The zero-order chi connectivity index (χ0) is 16.0. The van der Waals surface area contributed by atoms with Crippen molar-refractivity contribution in [2.45, 2.75) is 50.7 Å². The molecular weight excluding hydrogens is 297 g/mol. The third-order valence-electron chi connectivity index (χ3n) is 3.71. The summed E-state index contributed by atoms with van der Waals surface area (Å²) in [7, 11) is 0. The van der Waals surface area contributed by atoms with Gasteiger partial charge in [-0.2, -0.15) is 9.78 Å². The molecular formula is C12H14F5N3O. The normalized spacial score (nSPS) is 19.7. The van der Waals surface area contributed by atoms with Gasteiger partial charge in [-0.1, -0.05) is 0 Å². The lowest BCUT2D eigenvalue weighted by atomic mass is 9.81. The largest absolute Gasteiger partial charge is 0.505 e. The SMILES string of the molecule is Cc1nn(C(F)(F)F)c(C(N)=O)c1C1CCC(F)(F)CC1. The minimum atomic E-state index is -4.88. The molecule has 118 valence electrons. The number of hydrogen-bond acceptors (Lipinski definition) is 2. The molecule has 1 heterocycles. The molecule has 1 fully saturated rings. The van der Waals surface area contributed by atoms with Crippen molar-refractivity contribution in [3.63, 3.8) is 0 Å². The molecule has 2 rings (SSSR count). The fraction of sp³-hybridized carbons (Fsp3) is 0.667. The first-order valence-electron chi connectivity index (χ1n) is 6.37. The lowest BCUT2D eigenvalue weighted by Crippen LogP contribution is -2.29. The molecule has 21 heavy (non-hydrogen) atoms. The smallest absolute Gasteiger partial charge is 0.364 e. The van der Waals surface area contributed by atoms with E-state index in [2.05, 4.69) is 5.10 Å². The average molecular weight is 311 g/mol. The van der Waals surface area contributed by atoms with E-state index in [1.807, 2.05) is 0 Å². The van der Waals surface area contributed by atoms with E-state index in [0.717, 1.165) is 0 Å². The predicted molar refractivity (Wildman–Crippen MR) is 62.9 cm³/mol. The van der Waals surface area contributed by atoms with E-state index in [-0.39, 0.29) is 28.8 Å². The Kier molecular flexibility index (Phi) is 3.71. The van der Waals surface area contributed by atoms with Crippen molar-refractivity contribution in [1.29, 1.82) is 0 Å². The van der Waals surface area contributed by atoms with Crippen molar-refractivity contribution in [3.05, 3.63) is 17.0 Å². The van der Waals surface area contributed by atoms with Crippen molar-refractivity contribution in [2.75, 3.05) is 0 Å². The van der Waals surface area contributed by atoms with Crippen molar-refractivity contribution in [2.24, 2.45) is 5.73 Å². The van der Waals surface area contributed by atoms with Crippen LogP contribution in [-0.4, -0.2) is 21.6 Å². The Morgan fingerprint density at radius 1 is 1.33 bits per heavy atom. The number of nitrogens with two attached hydrogens (primary N) is 1. The topological polar surface area (TPSA) is 60.9 Å². The molecule has 0 unspecified atom stereocenters. The molecule has 0 bridgehead atoms. The first kappa shape index (κ1) is 15.7. The fourth-order valence-electron chi connectivity index (χ4n) is 2.78. The first-order chi connectivity index (χ1) is 9.53. The maximum atomic E-state index is 13.2. The number of aromatic nitrogens is 2. The van der Waals surface area contributed by atoms with Crippen LogP contribution in [0.1, 0.15) is 53.3 Å². The summed E-state index contributed by atoms with van der Waals surface area (Å²) in [6.45, 7) is 1.32. The second kappa shape index (κ2) is 4.96. The van der Waals surface area contributed by atoms with Crippen LogP contribution in [0, 0.1) is 6.92 Å². The molecule has 1 aliphatic carbocycles. The Balaban J connectivity index is 2.45. The molecule has 2 N–H and O–H groups in total. The van der Waals surface area contributed by atoms with Crippen LogP contribution < -0.4 is 5.73 Å². The van der Waals surface area contributed by atoms with Crippen LogP contribution in [-0.2, 0) is 6.30 Å². The fourth-order valence-corrected chi connectivity index (χ4v) is 2.78. The second-order valence-corrected chi connectivity index (χ2v) is 5.22. The Bertz CT molecular complexity index is 554. The molecule has 0 aromatic carbocycles. The molecule has 1 saturated carbocycles. The van der Waals surface area contributed by atoms with Gasteiger partial charge in [-0.05, 0) is 25.7 Å². The molecule has 0 aliphatic heterocycles. The van der Waals surface area contributed by atoms with Gasteiger partial charge in [-0.3, -0.25) is 4.79 Å². The molecule has 9 heteroatoms. The average Bonchev–Trinajstić information content (AvgIpc) is 2.67. The molecule has 1 aliphatic rings. The Labute approximate surface area is 117 Å². The standard InChI is InChI=1S/C12H14F5N3O/c1-6-8(7-2-4-11(13,14)5-3-7)9(10(18)21)20(19-6)12(15,16)17/h7H,2-5H2,1H3,(H2,18,21). The van der Waals surface area contributed by atoms with Crippen LogP contribution in [0.2, 0.25) is 0 Å². The van der Waals surface area contributed by atoms with Gasteiger partial charge in [-0.25, -0.2) is 8.78 Å². The van der Waals surface area contributed by atoms with Crippen molar-refractivity contribution < 1.29 is 26.7 Å². The highest BCUT2D eigenvalue weighted by molar-refractivity contribution is 5.93. The third kappa shape index (κ3) is 3.01. The number of aryl methyl sites for hydroxylation is 1. The third-order valence-corrected chi connectivity index (χ3v) is 3.71. The van der Waals surface area contributed by atoms with E-state index in [1.54, 1.807) is 0 Å². The quantitative estimate of drug-likeness (QED) is 0.853.